The van der Waals surface area contributed by atoms with Gasteiger partial charge in [0.25, 0.3) is 0 Å². The molecule has 2 amide bonds. The maximum Gasteiger partial charge on any atom is 0.416 e. The van der Waals surface area contributed by atoms with Gasteiger partial charge < -0.3 is 10.2 Å². The number of carbonyl (C=O) groups excluding carboxylic acids is 2. The Morgan fingerprint density at radius 3 is 2.33 bits per heavy atom. The monoisotopic (exact) mass is 461 g/mol. The molecule has 0 saturated carbocycles. The van der Waals surface area contributed by atoms with Gasteiger partial charge >= 0.3 is 6.18 Å². The summed E-state index contributed by atoms with van der Waals surface area (Å²) in [4.78, 5) is 28.2. The largest absolute Gasteiger partial charge is 0.416 e. The lowest BCUT2D eigenvalue weighted by atomic mass is 9.95. The van der Waals surface area contributed by atoms with Gasteiger partial charge in [0, 0.05) is 17.4 Å². The van der Waals surface area contributed by atoms with E-state index < -0.39 is 23.2 Å². The Labute approximate surface area is 192 Å². The standard InChI is InChI=1S/C25H30F3N3O2/c1-6-18-10-19(25(26,27)28)12-20(11-18)29-23(33)24(30-15(2)3)13-21(32)31(14-24)22-16(4)8-7-9-17(22)5/h7-12,15,30H,6,13-14H2,1-5H3,(H,29,33). The zero-order valence-electron chi connectivity index (χ0n) is 19.6. The molecule has 1 heterocycles. The highest BCUT2D eigenvalue weighted by Gasteiger charge is 2.50. The molecular weight excluding hydrogens is 431 g/mol. The molecule has 0 aliphatic carbocycles. The zero-order chi connectivity index (χ0) is 24.6. The Kier molecular flexibility index (Phi) is 6.88. The molecule has 2 aromatic rings. The molecule has 0 spiro atoms. The van der Waals surface area contributed by atoms with Crippen molar-refractivity contribution in [3.05, 3.63) is 58.7 Å². The van der Waals surface area contributed by atoms with E-state index in [0.29, 0.717) is 12.0 Å². The van der Waals surface area contributed by atoms with E-state index in [1.54, 1.807) is 11.8 Å². The third-order valence-electron chi connectivity index (χ3n) is 5.88. The lowest BCUT2D eigenvalue weighted by Gasteiger charge is -2.31. The number of nitrogens with zero attached hydrogens (tertiary/aromatic N) is 1. The first kappa shape index (κ1) is 24.8. The molecule has 1 fully saturated rings. The van der Waals surface area contributed by atoms with Crippen LogP contribution < -0.4 is 15.5 Å². The predicted octanol–water partition coefficient (Wildman–Crippen LogP) is 5.00. The fraction of sp³-hybridized carbons (Fsp3) is 0.440. The molecule has 2 N–H and O–H groups in total. The van der Waals surface area contributed by atoms with Gasteiger partial charge in [0.1, 0.15) is 5.54 Å². The quantitative estimate of drug-likeness (QED) is 0.637. The molecule has 5 nitrogen and oxygen atoms in total. The van der Waals surface area contributed by atoms with Gasteiger partial charge in [0.15, 0.2) is 0 Å². The van der Waals surface area contributed by atoms with Crippen LogP contribution in [0.15, 0.2) is 36.4 Å². The van der Waals surface area contributed by atoms with Gasteiger partial charge in [-0.1, -0.05) is 25.1 Å². The predicted molar refractivity (Wildman–Crippen MR) is 123 cm³/mol. The van der Waals surface area contributed by atoms with Crippen LogP contribution in [0.4, 0.5) is 24.5 Å². The minimum absolute atomic E-state index is 0.0644. The SMILES string of the molecule is CCc1cc(NC(=O)C2(NC(C)C)CC(=O)N(c3c(C)cccc3C)C2)cc(C(F)(F)F)c1. The van der Waals surface area contributed by atoms with Crippen molar-refractivity contribution in [2.45, 2.75) is 65.2 Å². The van der Waals surface area contributed by atoms with E-state index in [0.717, 1.165) is 28.9 Å². The smallest absolute Gasteiger partial charge is 0.324 e. The molecule has 0 bridgehead atoms. The topological polar surface area (TPSA) is 61.4 Å². The van der Waals surface area contributed by atoms with E-state index in [9.17, 15) is 22.8 Å². The highest BCUT2D eigenvalue weighted by atomic mass is 19.4. The first-order valence-corrected chi connectivity index (χ1v) is 11.0. The molecule has 8 heteroatoms. The Hall–Kier alpha value is -2.87. The van der Waals surface area contributed by atoms with Crippen LogP contribution in [-0.4, -0.2) is 29.9 Å². The number of amides is 2. The Bertz CT molecular complexity index is 1050. The van der Waals surface area contributed by atoms with E-state index in [1.165, 1.54) is 6.07 Å². The van der Waals surface area contributed by atoms with Crippen LogP contribution in [0.5, 0.6) is 0 Å². The number of hydrogen-bond acceptors (Lipinski definition) is 3. The number of nitrogens with one attached hydrogen (secondary N) is 2. The molecule has 1 saturated heterocycles. The van der Waals surface area contributed by atoms with Crippen molar-refractivity contribution in [1.82, 2.24) is 5.32 Å². The normalized spacial score (nSPS) is 18.8. The summed E-state index contributed by atoms with van der Waals surface area (Å²) in [7, 11) is 0. The zero-order valence-corrected chi connectivity index (χ0v) is 19.6. The average molecular weight is 462 g/mol. The van der Waals surface area contributed by atoms with Crippen molar-refractivity contribution in [2.75, 3.05) is 16.8 Å². The lowest BCUT2D eigenvalue weighted by Crippen LogP contribution is -2.58. The first-order chi connectivity index (χ1) is 15.4. The van der Waals surface area contributed by atoms with E-state index in [-0.39, 0.29) is 30.6 Å². The summed E-state index contributed by atoms with van der Waals surface area (Å²) in [6.07, 6.45) is -4.23. The second kappa shape index (κ2) is 9.17. The van der Waals surface area contributed by atoms with Crippen LogP contribution in [0.3, 0.4) is 0 Å². The summed E-state index contributed by atoms with van der Waals surface area (Å²) >= 11 is 0. The molecule has 1 atom stereocenters. The van der Waals surface area contributed by atoms with Crippen LogP contribution >= 0.6 is 0 Å². The van der Waals surface area contributed by atoms with Crippen LogP contribution in [-0.2, 0) is 22.2 Å². The number of carbonyl (C=O) groups is 2. The van der Waals surface area contributed by atoms with E-state index in [2.05, 4.69) is 10.6 Å². The molecule has 1 unspecified atom stereocenters. The van der Waals surface area contributed by atoms with Gasteiger partial charge in [0.2, 0.25) is 11.8 Å². The van der Waals surface area contributed by atoms with Crippen molar-refractivity contribution in [1.29, 1.82) is 0 Å². The maximum absolute atomic E-state index is 13.5. The van der Waals surface area contributed by atoms with Crippen LogP contribution in [0.25, 0.3) is 0 Å². The van der Waals surface area contributed by atoms with Gasteiger partial charge in [0.05, 0.1) is 18.5 Å². The summed E-state index contributed by atoms with van der Waals surface area (Å²) in [6.45, 7) is 9.37. The highest BCUT2D eigenvalue weighted by Crippen LogP contribution is 2.35. The van der Waals surface area contributed by atoms with Crippen LogP contribution in [0.1, 0.15) is 49.4 Å². The molecule has 33 heavy (non-hydrogen) atoms. The molecule has 1 aliphatic heterocycles. The van der Waals surface area contributed by atoms with Crippen molar-refractivity contribution in [3.8, 4) is 0 Å². The average Bonchev–Trinajstić information content (AvgIpc) is 3.03. The van der Waals surface area contributed by atoms with Gasteiger partial charge in [-0.15, -0.1) is 0 Å². The minimum Gasteiger partial charge on any atom is -0.324 e. The molecule has 2 aromatic carbocycles. The van der Waals surface area contributed by atoms with E-state index in [4.69, 9.17) is 0 Å². The number of aryl methyl sites for hydroxylation is 3. The van der Waals surface area contributed by atoms with Gasteiger partial charge in [-0.25, -0.2) is 0 Å². The molecule has 0 aromatic heterocycles. The molecule has 178 valence electrons. The molecule has 3 rings (SSSR count). The number of rotatable bonds is 6. The fourth-order valence-corrected chi connectivity index (χ4v) is 4.45. The fourth-order valence-electron chi connectivity index (χ4n) is 4.45. The summed E-state index contributed by atoms with van der Waals surface area (Å²) in [5.41, 5.74) is 1.02. The summed E-state index contributed by atoms with van der Waals surface area (Å²) in [5, 5.41) is 5.88. The second-order valence-corrected chi connectivity index (χ2v) is 9.00. The number of benzene rings is 2. The number of hydrogen-bond donors (Lipinski definition) is 2. The lowest BCUT2D eigenvalue weighted by molar-refractivity contribution is -0.137. The number of halogens is 3. The third-order valence-corrected chi connectivity index (χ3v) is 5.88. The number of para-hydroxylation sites is 1. The Morgan fingerprint density at radius 1 is 1.15 bits per heavy atom. The Balaban J connectivity index is 1.97. The maximum atomic E-state index is 13.5. The Morgan fingerprint density at radius 2 is 1.79 bits per heavy atom. The first-order valence-electron chi connectivity index (χ1n) is 11.0. The molecular formula is C25H30F3N3O2. The van der Waals surface area contributed by atoms with Crippen molar-refractivity contribution in [2.24, 2.45) is 0 Å². The number of anilines is 2. The highest BCUT2D eigenvalue weighted by molar-refractivity contribution is 6.09. The second-order valence-electron chi connectivity index (χ2n) is 9.00. The van der Waals surface area contributed by atoms with E-state index >= 15 is 0 Å². The summed E-state index contributed by atoms with van der Waals surface area (Å²) < 4.78 is 40.1. The number of alkyl halides is 3. The van der Waals surface area contributed by atoms with Crippen LogP contribution in [0, 0.1) is 13.8 Å². The third kappa shape index (κ3) is 5.21. The van der Waals surface area contributed by atoms with Crippen molar-refractivity contribution in [3.63, 3.8) is 0 Å². The van der Waals surface area contributed by atoms with E-state index in [1.807, 2.05) is 45.9 Å². The van der Waals surface area contributed by atoms with Gasteiger partial charge in [-0.05, 0) is 69.0 Å². The molecule has 0 radical (unpaired) electrons. The summed E-state index contributed by atoms with van der Waals surface area (Å²) in [5.74, 6) is -0.742. The van der Waals surface area contributed by atoms with Crippen LogP contribution in [0.2, 0.25) is 0 Å². The van der Waals surface area contributed by atoms with Gasteiger partial charge in [-0.2, -0.15) is 13.2 Å². The van der Waals surface area contributed by atoms with Gasteiger partial charge in [-0.3, -0.25) is 14.9 Å². The molecule has 1 aliphatic rings. The summed E-state index contributed by atoms with van der Waals surface area (Å²) in [6, 6.07) is 9.13. The van der Waals surface area contributed by atoms with Crippen molar-refractivity contribution < 1.29 is 22.8 Å². The minimum atomic E-state index is -4.53. The van der Waals surface area contributed by atoms with Crippen molar-refractivity contribution >= 4 is 23.2 Å².